The molecule has 0 aromatic heterocycles. The lowest BCUT2D eigenvalue weighted by molar-refractivity contribution is 0.0697. The molecule has 0 radical (unpaired) electrons. The highest BCUT2D eigenvalue weighted by Gasteiger charge is 2.09. The van der Waals surface area contributed by atoms with Crippen molar-refractivity contribution in [3.63, 3.8) is 0 Å². The fourth-order valence-electron chi connectivity index (χ4n) is 1.82. The van der Waals surface area contributed by atoms with Crippen molar-refractivity contribution in [1.29, 1.82) is 0 Å². The normalized spacial score (nSPS) is 10.2. The van der Waals surface area contributed by atoms with E-state index in [4.69, 9.17) is 33.0 Å². The van der Waals surface area contributed by atoms with Crippen molar-refractivity contribution in [1.82, 2.24) is 0 Å². The van der Waals surface area contributed by atoms with Gasteiger partial charge in [0.05, 0.1) is 22.7 Å². The summed E-state index contributed by atoms with van der Waals surface area (Å²) in [6.07, 6.45) is 0. The number of aromatic carboxylic acids is 1. The Morgan fingerprint density at radius 3 is 2.52 bits per heavy atom. The van der Waals surface area contributed by atoms with Gasteiger partial charge in [0, 0.05) is 12.2 Å². The maximum absolute atomic E-state index is 10.9. The van der Waals surface area contributed by atoms with Gasteiger partial charge in [-0.3, -0.25) is 0 Å². The molecule has 0 bridgehead atoms. The SMILES string of the molecule is COc1ccc(CNc2ccc(C(=O)O)c(Cl)c2)cc1Cl. The maximum atomic E-state index is 10.9. The van der Waals surface area contributed by atoms with Crippen molar-refractivity contribution in [2.75, 3.05) is 12.4 Å². The molecule has 0 saturated carbocycles. The summed E-state index contributed by atoms with van der Waals surface area (Å²) >= 11 is 12.0. The van der Waals surface area contributed by atoms with Crippen LogP contribution in [0.4, 0.5) is 5.69 Å². The Morgan fingerprint density at radius 2 is 1.95 bits per heavy atom. The van der Waals surface area contributed by atoms with E-state index in [0.29, 0.717) is 17.3 Å². The highest BCUT2D eigenvalue weighted by molar-refractivity contribution is 6.33. The standard InChI is InChI=1S/C15H13Cl2NO3/c1-21-14-5-2-9(6-13(14)17)8-18-10-3-4-11(15(19)20)12(16)7-10/h2-7,18H,8H2,1H3,(H,19,20). The number of halogens is 2. The van der Waals surface area contributed by atoms with Crippen LogP contribution in [0.1, 0.15) is 15.9 Å². The number of methoxy groups -OCH3 is 1. The number of rotatable bonds is 5. The fourth-order valence-corrected chi connectivity index (χ4v) is 2.36. The molecule has 6 heteroatoms. The quantitative estimate of drug-likeness (QED) is 0.859. The van der Waals surface area contributed by atoms with Crippen molar-refractivity contribution in [3.05, 3.63) is 57.6 Å². The number of ether oxygens (including phenoxy) is 1. The van der Waals surface area contributed by atoms with Gasteiger partial charge in [0.1, 0.15) is 5.75 Å². The molecule has 2 aromatic rings. The van der Waals surface area contributed by atoms with Crippen LogP contribution in [-0.2, 0) is 6.54 Å². The van der Waals surface area contributed by atoms with Crippen molar-refractivity contribution in [2.45, 2.75) is 6.54 Å². The first-order chi connectivity index (χ1) is 10.0. The summed E-state index contributed by atoms with van der Waals surface area (Å²) in [5, 5.41) is 12.8. The van der Waals surface area contributed by atoms with Crippen molar-refractivity contribution in [3.8, 4) is 5.75 Å². The summed E-state index contributed by atoms with van der Waals surface area (Å²) in [5.41, 5.74) is 1.78. The van der Waals surface area contributed by atoms with Crippen LogP contribution in [0.2, 0.25) is 10.0 Å². The fraction of sp³-hybridized carbons (Fsp3) is 0.133. The average Bonchev–Trinajstić information content (AvgIpc) is 2.45. The largest absolute Gasteiger partial charge is 0.495 e. The summed E-state index contributed by atoms with van der Waals surface area (Å²) in [5.74, 6) is -0.428. The first kappa shape index (κ1) is 15.5. The third-order valence-electron chi connectivity index (χ3n) is 2.91. The molecule has 0 fully saturated rings. The lowest BCUT2D eigenvalue weighted by atomic mass is 10.2. The number of nitrogens with one attached hydrogen (secondary N) is 1. The van der Waals surface area contributed by atoms with E-state index in [0.717, 1.165) is 11.3 Å². The topological polar surface area (TPSA) is 58.6 Å². The van der Waals surface area contributed by atoms with Crippen LogP contribution in [0.15, 0.2) is 36.4 Å². The number of benzene rings is 2. The van der Waals surface area contributed by atoms with Crippen LogP contribution in [0.3, 0.4) is 0 Å². The zero-order valence-corrected chi connectivity index (χ0v) is 12.7. The first-order valence-corrected chi connectivity index (χ1v) is 6.86. The molecular weight excluding hydrogens is 313 g/mol. The Morgan fingerprint density at radius 1 is 1.19 bits per heavy atom. The zero-order valence-electron chi connectivity index (χ0n) is 11.2. The molecule has 0 aliphatic carbocycles. The van der Waals surface area contributed by atoms with Gasteiger partial charge in [-0.25, -0.2) is 4.79 Å². The molecule has 0 heterocycles. The molecule has 2 rings (SSSR count). The van der Waals surface area contributed by atoms with Crippen molar-refractivity contribution >= 4 is 34.9 Å². The minimum atomic E-state index is -1.05. The number of hydrogen-bond donors (Lipinski definition) is 2. The van der Waals surface area contributed by atoms with E-state index >= 15 is 0 Å². The molecule has 2 aromatic carbocycles. The molecule has 2 N–H and O–H groups in total. The van der Waals surface area contributed by atoms with Crippen molar-refractivity contribution in [2.24, 2.45) is 0 Å². The van der Waals surface area contributed by atoms with Gasteiger partial charge >= 0.3 is 5.97 Å². The Labute approximate surface area is 132 Å². The molecule has 0 spiro atoms. The van der Waals surface area contributed by atoms with Crippen LogP contribution in [-0.4, -0.2) is 18.2 Å². The molecule has 4 nitrogen and oxygen atoms in total. The lowest BCUT2D eigenvalue weighted by Crippen LogP contribution is -2.02. The van der Waals surface area contributed by atoms with Gasteiger partial charge in [0.2, 0.25) is 0 Å². The third kappa shape index (κ3) is 3.80. The number of carboxylic acids is 1. The Balaban J connectivity index is 2.08. The predicted octanol–water partition coefficient (Wildman–Crippen LogP) is 4.31. The van der Waals surface area contributed by atoms with Gasteiger partial charge in [0.15, 0.2) is 0 Å². The maximum Gasteiger partial charge on any atom is 0.337 e. The van der Waals surface area contributed by atoms with E-state index < -0.39 is 5.97 Å². The molecule has 21 heavy (non-hydrogen) atoms. The number of carbonyl (C=O) groups is 1. The molecule has 0 aliphatic heterocycles. The molecular formula is C15H13Cl2NO3. The predicted molar refractivity (Wildman–Crippen MR) is 83.7 cm³/mol. The lowest BCUT2D eigenvalue weighted by Gasteiger charge is -2.10. The second-order valence-electron chi connectivity index (χ2n) is 4.32. The first-order valence-electron chi connectivity index (χ1n) is 6.10. The van der Waals surface area contributed by atoms with E-state index in [1.165, 1.54) is 6.07 Å². The highest BCUT2D eigenvalue weighted by atomic mass is 35.5. The van der Waals surface area contributed by atoms with Crippen LogP contribution in [0.5, 0.6) is 5.75 Å². The Hall–Kier alpha value is -1.91. The van der Waals surface area contributed by atoms with Gasteiger partial charge in [0.25, 0.3) is 0 Å². The number of hydrogen-bond acceptors (Lipinski definition) is 3. The average molecular weight is 326 g/mol. The van der Waals surface area contributed by atoms with E-state index in [1.807, 2.05) is 6.07 Å². The van der Waals surface area contributed by atoms with Gasteiger partial charge in [-0.2, -0.15) is 0 Å². The minimum absolute atomic E-state index is 0.0784. The monoisotopic (exact) mass is 325 g/mol. The van der Waals surface area contributed by atoms with E-state index in [1.54, 1.807) is 31.4 Å². The minimum Gasteiger partial charge on any atom is -0.495 e. The number of anilines is 1. The number of carboxylic acid groups (broad SMARTS) is 1. The second-order valence-corrected chi connectivity index (χ2v) is 5.14. The van der Waals surface area contributed by atoms with Crippen LogP contribution in [0.25, 0.3) is 0 Å². The molecule has 0 amide bonds. The summed E-state index contributed by atoms with van der Waals surface area (Å²) in [7, 11) is 1.56. The summed E-state index contributed by atoms with van der Waals surface area (Å²) in [6, 6.07) is 10.2. The zero-order chi connectivity index (χ0) is 15.4. The van der Waals surface area contributed by atoms with Gasteiger partial charge in [-0.1, -0.05) is 29.3 Å². The third-order valence-corrected chi connectivity index (χ3v) is 3.52. The summed E-state index contributed by atoms with van der Waals surface area (Å²) in [4.78, 5) is 10.9. The summed E-state index contributed by atoms with van der Waals surface area (Å²) < 4.78 is 5.09. The van der Waals surface area contributed by atoms with Crippen LogP contribution < -0.4 is 10.1 Å². The van der Waals surface area contributed by atoms with E-state index in [-0.39, 0.29) is 10.6 Å². The van der Waals surface area contributed by atoms with Crippen LogP contribution >= 0.6 is 23.2 Å². The molecule has 0 unspecified atom stereocenters. The van der Waals surface area contributed by atoms with Gasteiger partial charge in [-0.05, 0) is 35.9 Å². The molecule has 0 saturated heterocycles. The molecule has 110 valence electrons. The van der Waals surface area contributed by atoms with Crippen LogP contribution in [0, 0.1) is 0 Å². The van der Waals surface area contributed by atoms with E-state index in [2.05, 4.69) is 5.32 Å². The Bertz CT molecular complexity index is 674. The van der Waals surface area contributed by atoms with Crippen molar-refractivity contribution < 1.29 is 14.6 Å². The molecule has 0 atom stereocenters. The molecule has 0 aliphatic rings. The summed E-state index contributed by atoms with van der Waals surface area (Å²) in [6.45, 7) is 0.534. The Kier molecular flexibility index (Phi) is 4.94. The van der Waals surface area contributed by atoms with Gasteiger partial charge in [-0.15, -0.1) is 0 Å². The van der Waals surface area contributed by atoms with Gasteiger partial charge < -0.3 is 15.2 Å². The highest BCUT2D eigenvalue weighted by Crippen LogP contribution is 2.26. The second kappa shape index (κ2) is 6.70. The van der Waals surface area contributed by atoms with E-state index in [9.17, 15) is 4.79 Å². The smallest absolute Gasteiger partial charge is 0.337 e.